The second-order valence-corrected chi connectivity index (χ2v) is 3.97. The predicted molar refractivity (Wildman–Crippen MR) is 56.1 cm³/mol. The Morgan fingerprint density at radius 1 is 1.29 bits per heavy atom. The summed E-state index contributed by atoms with van der Waals surface area (Å²) in [5.41, 5.74) is 0. The first-order valence-corrected chi connectivity index (χ1v) is 5.33. The van der Waals surface area contributed by atoms with Crippen LogP contribution >= 0.6 is 0 Å². The summed E-state index contributed by atoms with van der Waals surface area (Å²) in [5.74, 6) is 0.221. The van der Waals surface area contributed by atoms with Gasteiger partial charge in [-0.15, -0.1) is 0 Å². The van der Waals surface area contributed by atoms with Crippen LogP contribution in [0.3, 0.4) is 0 Å². The normalized spacial score (nSPS) is 12.9. The number of hydrogen-bond acceptors (Lipinski definition) is 3. The maximum absolute atomic E-state index is 11.2. The van der Waals surface area contributed by atoms with Crippen molar-refractivity contribution in [1.29, 1.82) is 0 Å². The fourth-order valence-electron chi connectivity index (χ4n) is 1.03. The van der Waals surface area contributed by atoms with Gasteiger partial charge in [0.2, 0.25) is 0 Å². The van der Waals surface area contributed by atoms with Crippen LogP contribution in [0.1, 0.15) is 40.5 Å². The van der Waals surface area contributed by atoms with Crippen molar-refractivity contribution in [3.8, 4) is 0 Å². The predicted octanol–water partition coefficient (Wildman–Crippen LogP) is 2.39. The molecule has 0 N–H and O–H groups in total. The van der Waals surface area contributed by atoms with E-state index < -0.39 is 0 Å². The molecule has 0 saturated carbocycles. The van der Waals surface area contributed by atoms with E-state index >= 15 is 0 Å². The zero-order chi connectivity index (χ0) is 11.0. The molecule has 1 unspecified atom stereocenters. The molecule has 0 aliphatic heterocycles. The molecule has 0 radical (unpaired) electrons. The molecule has 0 rings (SSSR count). The van der Waals surface area contributed by atoms with Gasteiger partial charge in [-0.05, 0) is 19.3 Å². The van der Waals surface area contributed by atoms with Gasteiger partial charge in [0.15, 0.2) is 0 Å². The molecule has 0 aromatic carbocycles. The van der Waals surface area contributed by atoms with Crippen molar-refractivity contribution in [3.05, 3.63) is 0 Å². The lowest BCUT2D eigenvalue weighted by Gasteiger charge is -2.14. The van der Waals surface area contributed by atoms with Crippen molar-refractivity contribution in [2.24, 2.45) is 5.92 Å². The third kappa shape index (κ3) is 8.05. The molecule has 0 aromatic rings. The molecule has 0 fully saturated rings. The first-order chi connectivity index (χ1) is 6.56. The fraction of sp³-hybridized carbons (Fsp3) is 0.909. The number of ether oxygens (including phenoxy) is 2. The highest BCUT2D eigenvalue weighted by molar-refractivity contribution is 5.69. The van der Waals surface area contributed by atoms with E-state index in [0.29, 0.717) is 18.9 Å². The Morgan fingerprint density at radius 3 is 2.43 bits per heavy atom. The summed E-state index contributed by atoms with van der Waals surface area (Å²) in [5, 5.41) is 0. The third-order valence-corrected chi connectivity index (χ3v) is 1.61. The van der Waals surface area contributed by atoms with Crippen LogP contribution in [0.5, 0.6) is 0 Å². The van der Waals surface area contributed by atoms with Crippen LogP contribution in [0.2, 0.25) is 0 Å². The quantitative estimate of drug-likeness (QED) is 0.469. The van der Waals surface area contributed by atoms with Gasteiger partial charge in [-0.25, -0.2) is 0 Å². The Balaban J connectivity index is 3.50. The number of rotatable bonds is 7. The van der Waals surface area contributed by atoms with Gasteiger partial charge in [0.1, 0.15) is 6.10 Å². The number of carbonyl (C=O) groups excluding carboxylic acids is 1. The molecule has 0 spiro atoms. The van der Waals surface area contributed by atoms with Crippen LogP contribution in [-0.2, 0) is 14.3 Å². The van der Waals surface area contributed by atoms with Crippen LogP contribution in [0.25, 0.3) is 0 Å². The van der Waals surface area contributed by atoms with Gasteiger partial charge >= 0.3 is 5.97 Å². The van der Waals surface area contributed by atoms with E-state index in [1.54, 1.807) is 0 Å². The maximum atomic E-state index is 11.2. The fourth-order valence-corrected chi connectivity index (χ4v) is 1.03. The van der Waals surface area contributed by atoms with E-state index in [-0.39, 0.29) is 12.1 Å². The highest BCUT2D eigenvalue weighted by Gasteiger charge is 2.10. The van der Waals surface area contributed by atoms with Crippen LogP contribution in [-0.4, -0.2) is 25.3 Å². The molecule has 1 atom stereocenters. The molecule has 0 aliphatic rings. The minimum absolute atomic E-state index is 0.132. The van der Waals surface area contributed by atoms with Crippen molar-refractivity contribution in [3.63, 3.8) is 0 Å². The van der Waals surface area contributed by atoms with Gasteiger partial charge in [0.25, 0.3) is 0 Å². The van der Waals surface area contributed by atoms with Gasteiger partial charge in [-0.3, -0.25) is 4.79 Å². The van der Waals surface area contributed by atoms with Crippen LogP contribution in [0.4, 0.5) is 0 Å². The van der Waals surface area contributed by atoms with Crippen LogP contribution in [0.15, 0.2) is 0 Å². The maximum Gasteiger partial charge on any atom is 0.306 e. The largest absolute Gasteiger partial charge is 0.460 e. The Hall–Kier alpha value is -0.570. The summed E-state index contributed by atoms with van der Waals surface area (Å²) in [6, 6.07) is 0. The van der Waals surface area contributed by atoms with E-state index in [0.717, 1.165) is 13.0 Å². The van der Waals surface area contributed by atoms with Crippen molar-refractivity contribution in [2.45, 2.75) is 46.6 Å². The van der Waals surface area contributed by atoms with Gasteiger partial charge in [-0.1, -0.05) is 20.8 Å². The van der Waals surface area contributed by atoms with Crippen LogP contribution < -0.4 is 0 Å². The lowest BCUT2D eigenvalue weighted by molar-refractivity contribution is -0.151. The number of hydrogen-bond donors (Lipinski definition) is 0. The highest BCUT2D eigenvalue weighted by Crippen LogP contribution is 2.03. The summed E-state index contributed by atoms with van der Waals surface area (Å²) in [7, 11) is 0. The molecule has 0 aromatic heterocycles. The first kappa shape index (κ1) is 13.4. The molecule has 3 nitrogen and oxygen atoms in total. The lowest BCUT2D eigenvalue weighted by Crippen LogP contribution is -2.21. The summed E-state index contributed by atoms with van der Waals surface area (Å²) >= 11 is 0. The molecule has 84 valence electrons. The lowest BCUT2D eigenvalue weighted by atomic mass is 10.1. The Morgan fingerprint density at radius 2 is 1.93 bits per heavy atom. The molecule has 3 heteroatoms. The third-order valence-electron chi connectivity index (χ3n) is 1.61. The van der Waals surface area contributed by atoms with Crippen molar-refractivity contribution in [2.75, 3.05) is 13.2 Å². The summed E-state index contributed by atoms with van der Waals surface area (Å²) < 4.78 is 10.4. The molecule has 0 heterocycles. The Labute approximate surface area is 86.8 Å². The van der Waals surface area contributed by atoms with Gasteiger partial charge in [-0.2, -0.15) is 0 Å². The molecule has 0 amide bonds. The van der Waals surface area contributed by atoms with Crippen molar-refractivity contribution < 1.29 is 14.3 Å². The summed E-state index contributed by atoms with van der Waals surface area (Å²) in [4.78, 5) is 11.2. The summed E-state index contributed by atoms with van der Waals surface area (Å²) in [6.45, 7) is 9.13. The minimum Gasteiger partial charge on any atom is -0.460 e. The Bertz CT molecular complexity index is 155. The van der Waals surface area contributed by atoms with E-state index in [1.807, 2.05) is 20.8 Å². The molecular weight excluding hydrogens is 180 g/mol. The van der Waals surface area contributed by atoms with Gasteiger partial charge in [0, 0.05) is 13.0 Å². The average Bonchev–Trinajstić information content (AvgIpc) is 2.02. The Kier molecular flexibility index (Phi) is 7.48. The van der Waals surface area contributed by atoms with Crippen LogP contribution in [0, 0.1) is 5.92 Å². The van der Waals surface area contributed by atoms with E-state index in [9.17, 15) is 4.79 Å². The topological polar surface area (TPSA) is 35.5 Å². The molecule has 0 bridgehead atoms. The van der Waals surface area contributed by atoms with Crippen molar-refractivity contribution in [1.82, 2.24) is 0 Å². The zero-order valence-electron chi connectivity index (χ0n) is 9.71. The van der Waals surface area contributed by atoms with E-state index in [4.69, 9.17) is 9.47 Å². The molecular formula is C11H22O3. The monoisotopic (exact) mass is 202 g/mol. The SMILES string of the molecule is CCCOCC(C)OC(=O)CC(C)C. The van der Waals surface area contributed by atoms with Gasteiger partial charge < -0.3 is 9.47 Å². The minimum atomic E-state index is -0.132. The van der Waals surface area contributed by atoms with E-state index in [1.165, 1.54) is 0 Å². The molecule has 0 saturated heterocycles. The summed E-state index contributed by atoms with van der Waals surface area (Å²) in [6.07, 6.45) is 1.35. The second kappa shape index (κ2) is 7.80. The van der Waals surface area contributed by atoms with E-state index in [2.05, 4.69) is 6.92 Å². The first-order valence-electron chi connectivity index (χ1n) is 5.33. The number of esters is 1. The number of carbonyl (C=O) groups is 1. The second-order valence-electron chi connectivity index (χ2n) is 3.97. The molecule has 0 aliphatic carbocycles. The standard InChI is InChI=1S/C11H22O3/c1-5-6-13-8-10(4)14-11(12)7-9(2)3/h9-10H,5-8H2,1-4H3. The van der Waals surface area contributed by atoms with Crippen molar-refractivity contribution >= 4 is 5.97 Å². The average molecular weight is 202 g/mol. The zero-order valence-corrected chi connectivity index (χ0v) is 9.71. The molecule has 14 heavy (non-hydrogen) atoms. The van der Waals surface area contributed by atoms with Gasteiger partial charge in [0.05, 0.1) is 6.61 Å². The highest BCUT2D eigenvalue weighted by atomic mass is 16.6. The smallest absolute Gasteiger partial charge is 0.306 e.